The fourth-order valence-corrected chi connectivity index (χ4v) is 1.26. The molecule has 4 nitrogen and oxygen atoms in total. The SMILES string of the molecule is O=CCN(CCc1ccccc1)C(=O)O. The summed E-state index contributed by atoms with van der Waals surface area (Å²) >= 11 is 0. The van der Waals surface area contributed by atoms with Gasteiger partial charge in [0, 0.05) is 6.54 Å². The number of rotatable bonds is 5. The lowest BCUT2D eigenvalue weighted by Gasteiger charge is -2.15. The smallest absolute Gasteiger partial charge is 0.407 e. The first-order valence-corrected chi connectivity index (χ1v) is 4.69. The summed E-state index contributed by atoms with van der Waals surface area (Å²) in [6.07, 6.45) is 0.165. The molecule has 0 aliphatic carbocycles. The van der Waals surface area contributed by atoms with Gasteiger partial charge < -0.3 is 14.8 Å². The highest BCUT2D eigenvalue weighted by Crippen LogP contribution is 2.01. The Morgan fingerprint density at radius 2 is 2.00 bits per heavy atom. The van der Waals surface area contributed by atoms with Crippen molar-refractivity contribution in [3.05, 3.63) is 35.9 Å². The Kier molecular flexibility index (Phi) is 4.34. The summed E-state index contributed by atoms with van der Waals surface area (Å²) in [5.41, 5.74) is 1.06. The maximum absolute atomic E-state index is 10.7. The Balaban J connectivity index is 2.47. The lowest BCUT2D eigenvalue weighted by molar-refractivity contribution is -0.108. The highest BCUT2D eigenvalue weighted by atomic mass is 16.4. The van der Waals surface area contributed by atoms with Crippen molar-refractivity contribution in [1.82, 2.24) is 4.90 Å². The molecule has 0 atom stereocenters. The fourth-order valence-electron chi connectivity index (χ4n) is 1.26. The monoisotopic (exact) mass is 207 g/mol. The number of carbonyl (C=O) groups is 2. The first-order chi connectivity index (χ1) is 7.24. The molecule has 0 radical (unpaired) electrons. The summed E-state index contributed by atoms with van der Waals surface area (Å²) in [6, 6.07) is 9.58. The quantitative estimate of drug-likeness (QED) is 0.742. The van der Waals surface area contributed by atoms with Crippen molar-refractivity contribution in [3.63, 3.8) is 0 Å². The van der Waals surface area contributed by atoms with E-state index < -0.39 is 6.09 Å². The van der Waals surface area contributed by atoms with Gasteiger partial charge in [-0.05, 0) is 12.0 Å². The lowest BCUT2D eigenvalue weighted by atomic mass is 10.1. The third-order valence-corrected chi connectivity index (χ3v) is 2.08. The molecule has 80 valence electrons. The molecular formula is C11H13NO3. The molecule has 0 heterocycles. The number of carbonyl (C=O) groups excluding carboxylic acids is 1. The lowest BCUT2D eigenvalue weighted by Crippen LogP contribution is -2.33. The van der Waals surface area contributed by atoms with Gasteiger partial charge in [-0.25, -0.2) is 4.79 Å². The zero-order chi connectivity index (χ0) is 11.1. The van der Waals surface area contributed by atoms with Crippen molar-refractivity contribution in [2.24, 2.45) is 0 Å². The normalized spacial score (nSPS) is 9.60. The predicted molar refractivity (Wildman–Crippen MR) is 55.8 cm³/mol. The van der Waals surface area contributed by atoms with E-state index in [0.29, 0.717) is 19.3 Å². The van der Waals surface area contributed by atoms with Gasteiger partial charge in [-0.15, -0.1) is 0 Å². The molecule has 15 heavy (non-hydrogen) atoms. The summed E-state index contributed by atoms with van der Waals surface area (Å²) in [7, 11) is 0. The molecule has 0 fully saturated rings. The van der Waals surface area contributed by atoms with Gasteiger partial charge in [0.05, 0.1) is 6.54 Å². The van der Waals surface area contributed by atoms with Gasteiger partial charge in [-0.2, -0.15) is 0 Å². The highest BCUT2D eigenvalue weighted by Gasteiger charge is 2.09. The second-order valence-corrected chi connectivity index (χ2v) is 3.13. The third-order valence-electron chi connectivity index (χ3n) is 2.08. The van der Waals surface area contributed by atoms with Gasteiger partial charge >= 0.3 is 6.09 Å². The molecule has 4 heteroatoms. The fraction of sp³-hybridized carbons (Fsp3) is 0.273. The van der Waals surface area contributed by atoms with Crippen molar-refractivity contribution in [2.75, 3.05) is 13.1 Å². The van der Waals surface area contributed by atoms with Crippen LogP contribution in [0.15, 0.2) is 30.3 Å². The predicted octanol–water partition coefficient (Wildman–Crippen LogP) is 1.41. The van der Waals surface area contributed by atoms with Crippen LogP contribution in [0.25, 0.3) is 0 Å². The molecule has 0 unspecified atom stereocenters. The molecule has 0 saturated carbocycles. The maximum atomic E-state index is 10.7. The topological polar surface area (TPSA) is 57.6 Å². The molecule has 0 aromatic heterocycles. The third kappa shape index (κ3) is 3.81. The van der Waals surface area contributed by atoms with Gasteiger partial charge in [-0.1, -0.05) is 30.3 Å². The molecular weight excluding hydrogens is 194 g/mol. The van der Waals surface area contributed by atoms with Crippen LogP contribution in [0.3, 0.4) is 0 Å². The number of hydrogen-bond donors (Lipinski definition) is 1. The van der Waals surface area contributed by atoms with Crippen LogP contribution in [0.4, 0.5) is 4.79 Å². The van der Waals surface area contributed by atoms with Gasteiger partial charge in [0.2, 0.25) is 0 Å². The van der Waals surface area contributed by atoms with Crippen LogP contribution in [-0.4, -0.2) is 35.5 Å². The summed E-state index contributed by atoms with van der Waals surface area (Å²) in [5, 5.41) is 8.75. The van der Waals surface area contributed by atoms with E-state index in [0.717, 1.165) is 10.5 Å². The van der Waals surface area contributed by atoms with Crippen LogP contribution in [-0.2, 0) is 11.2 Å². The molecule has 0 aliphatic heterocycles. The Bertz CT molecular complexity index is 324. The van der Waals surface area contributed by atoms with Crippen molar-refractivity contribution < 1.29 is 14.7 Å². The molecule has 0 bridgehead atoms. The summed E-state index contributed by atoms with van der Waals surface area (Å²) < 4.78 is 0. The number of amides is 1. The van der Waals surface area contributed by atoms with Crippen LogP contribution >= 0.6 is 0 Å². The maximum Gasteiger partial charge on any atom is 0.407 e. The Morgan fingerprint density at radius 1 is 1.33 bits per heavy atom. The Labute approximate surface area is 88.1 Å². The van der Waals surface area contributed by atoms with E-state index in [-0.39, 0.29) is 6.54 Å². The zero-order valence-electron chi connectivity index (χ0n) is 8.30. The molecule has 0 aliphatic rings. The number of hydrogen-bond acceptors (Lipinski definition) is 2. The number of nitrogens with zero attached hydrogens (tertiary/aromatic N) is 1. The average Bonchev–Trinajstić information content (AvgIpc) is 2.25. The second-order valence-electron chi connectivity index (χ2n) is 3.13. The Morgan fingerprint density at radius 3 is 2.53 bits per heavy atom. The van der Waals surface area contributed by atoms with E-state index in [1.165, 1.54) is 0 Å². The molecule has 1 aromatic rings. The van der Waals surface area contributed by atoms with Crippen LogP contribution < -0.4 is 0 Å². The summed E-state index contributed by atoms with van der Waals surface area (Å²) in [4.78, 5) is 22.0. The van der Waals surface area contributed by atoms with Crippen LogP contribution in [0.2, 0.25) is 0 Å². The number of benzene rings is 1. The van der Waals surface area contributed by atoms with Crippen molar-refractivity contribution in [2.45, 2.75) is 6.42 Å². The van der Waals surface area contributed by atoms with E-state index in [4.69, 9.17) is 5.11 Å². The van der Waals surface area contributed by atoms with Gasteiger partial charge in [0.1, 0.15) is 6.29 Å². The average molecular weight is 207 g/mol. The molecule has 1 amide bonds. The summed E-state index contributed by atoms with van der Waals surface area (Å²) in [6.45, 7) is 0.278. The standard InChI is InChI=1S/C11H13NO3/c13-9-8-12(11(14)15)7-6-10-4-2-1-3-5-10/h1-5,9H,6-8H2,(H,14,15). The van der Waals surface area contributed by atoms with Gasteiger partial charge in [0.25, 0.3) is 0 Å². The van der Waals surface area contributed by atoms with E-state index in [1.54, 1.807) is 0 Å². The molecule has 1 aromatic carbocycles. The van der Waals surface area contributed by atoms with E-state index in [9.17, 15) is 9.59 Å². The van der Waals surface area contributed by atoms with Crippen LogP contribution in [0.5, 0.6) is 0 Å². The minimum absolute atomic E-state index is 0.0673. The minimum Gasteiger partial charge on any atom is -0.465 e. The Hall–Kier alpha value is -1.84. The number of carboxylic acid groups (broad SMARTS) is 1. The van der Waals surface area contributed by atoms with Crippen LogP contribution in [0.1, 0.15) is 5.56 Å². The molecule has 1 rings (SSSR count). The van der Waals surface area contributed by atoms with E-state index in [1.807, 2.05) is 30.3 Å². The highest BCUT2D eigenvalue weighted by molar-refractivity contribution is 5.69. The van der Waals surface area contributed by atoms with Crippen molar-refractivity contribution in [3.8, 4) is 0 Å². The minimum atomic E-state index is -1.06. The summed E-state index contributed by atoms with van der Waals surface area (Å²) in [5.74, 6) is 0. The first-order valence-electron chi connectivity index (χ1n) is 4.69. The second kappa shape index (κ2) is 5.80. The van der Waals surface area contributed by atoms with Crippen LogP contribution in [0, 0.1) is 0 Å². The van der Waals surface area contributed by atoms with E-state index in [2.05, 4.69) is 0 Å². The van der Waals surface area contributed by atoms with Gasteiger partial charge in [-0.3, -0.25) is 0 Å². The molecule has 0 spiro atoms. The van der Waals surface area contributed by atoms with Gasteiger partial charge in [0.15, 0.2) is 0 Å². The molecule has 0 saturated heterocycles. The van der Waals surface area contributed by atoms with Crippen molar-refractivity contribution in [1.29, 1.82) is 0 Å². The van der Waals surface area contributed by atoms with E-state index >= 15 is 0 Å². The first kappa shape index (κ1) is 11.2. The number of aldehydes is 1. The molecule has 1 N–H and O–H groups in total. The largest absolute Gasteiger partial charge is 0.465 e. The zero-order valence-corrected chi connectivity index (χ0v) is 8.30. The van der Waals surface area contributed by atoms with Crippen molar-refractivity contribution >= 4 is 12.4 Å².